The van der Waals surface area contributed by atoms with E-state index in [1.165, 1.54) is 29.5 Å². The lowest BCUT2D eigenvalue weighted by molar-refractivity contribution is -0.111. The molecule has 1 heterocycles. The summed E-state index contributed by atoms with van der Waals surface area (Å²) >= 11 is 1.37. The average Bonchev–Trinajstić information content (AvgIpc) is 3.22. The summed E-state index contributed by atoms with van der Waals surface area (Å²) in [6.07, 6.45) is 3.13. The Morgan fingerprint density at radius 3 is 2.56 bits per heavy atom. The van der Waals surface area contributed by atoms with E-state index >= 15 is 0 Å². The number of nitrogens with one attached hydrogen (secondary N) is 1. The second-order valence-corrected chi connectivity index (χ2v) is 8.64. The van der Waals surface area contributed by atoms with Crippen LogP contribution in [0.2, 0.25) is 0 Å². The molecule has 0 saturated heterocycles. The van der Waals surface area contributed by atoms with Gasteiger partial charge in [0.1, 0.15) is 12.4 Å². The summed E-state index contributed by atoms with van der Waals surface area (Å²) in [7, 11) is 1.58. The fourth-order valence-electron chi connectivity index (χ4n) is 3.29. The summed E-state index contributed by atoms with van der Waals surface area (Å²) in [5.74, 6) is 0.600. The zero-order chi connectivity index (χ0) is 23.9. The number of thiazole rings is 1. The minimum absolute atomic E-state index is 0.303. The van der Waals surface area contributed by atoms with Crippen LogP contribution in [-0.2, 0) is 11.4 Å². The highest BCUT2D eigenvalue weighted by molar-refractivity contribution is 7.16. The standard InChI is InChI=1S/C27H23FN2O3S/c1-18-26(21-10-12-22(28)13-11-21)30-27(34-18)29-25(31)15-9-19-8-14-23(24(16-19)32-2)33-17-20-6-4-3-5-7-20/h3-16H,17H2,1-2H3,(H,29,30,31)/b15-9+. The first-order valence-corrected chi connectivity index (χ1v) is 11.4. The molecular weight excluding hydrogens is 451 g/mol. The minimum atomic E-state index is -0.303. The highest BCUT2D eigenvalue weighted by atomic mass is 32.1. The molecule has 0 fully saturated rings. The number of ether oxygens (including phenoxy) is 2. The topological polar surface area (TPSA) is 60.5 Å². The van der Waals surface area contributed by atoms with Gasteiger partial charge in [0.15, 0.2) is 16.6 Å². The molecule has 0 atom stereocenters. The number of methoxy groups -OCH3 is 1. The zero-order valence-corrected chi connectivity index (χ0v) is 19.6. The van der Waals surface area contributed by atoms with Gasteiger partial charge in [-0.25, -0.2) is 9.37 Å². The van der Waals surface area contributed by atoms with Crippen molar-refractivity contribution in [2.24, 2.45) is 0 Å². The van der Waals surface area contributed by atoms with Crippen LogP contribution >= 0.6 is 11.3 Å². The largest absolute Gasteiger partial charge is 0.493 e. The minimum Gasteiger partial charge on any atom is -0.493 e. The van der Waals surface area contributed by atoms with Crippen molar-refractivity contribution in [1.82, 2.24) is 4.98 Å². The third-order valence-corrected chi connectivity index (χ3v) is 5.88. The van der Waals surface area contributed by atoms with Gasteiger partial charge in [-0.1, -0.05) is 36.4 Å². The number of nitrogens with zero attached hydrogens (tertiary/aromatic N) is 1. The quantitative estimate of drug-likeness (QED) is 0.296. The first-order chi connectivity index (χ1) is 16.5. The highest BCUT2D eigenvalue weighted by Crippen LogP contribution is 2.31. The number of rotatable bonds is 8. The predicted octanol–water partition coefficient (Wildman–Crippen LogP) is 6.50. The van der Waals surface area contributed by atoms with E-state index in [1.807, 2.05) is 55.5 Å². The van der Waals surface area contributed by atoms with Crippen LogP contribution in [0.1, 0.15) is 16.0 Å². The van der Waals surface area contributed by atoms with E-state index in [-0.39, 0.29) is 11.7 Å². The summed E-state index contributed by atoms with van der Waals surface area (Å²) in [6, 6.07) is 21.5. The van der Waals surface area contributed by atoms with Gasteiger partial charge in [-0.05, 0) is 60.5 Å². The number of halogens is 1. The van der Waals surface area contributed by atoms with Crippen LogP contribution in [-0.4, -0.2) is 18.0 Å². The summed E-state index contributed by atoms with van der Waals surface area (Å²) in [5.41, 5.74) is 3.37. The normalized spacial score (nSPS) is 10.9. The molecule has 0 bridgehead atoms. The first kappa shape index (κ1) is 23.2. The Bertz CT molecular complexity index is 1300. The number of benzene rings is 3. The molecule has 0 unspecified atom stereocenters. The van der Waals surface area contributed by atoms with Crippen molar-refractivity contribution < 1.29 is 18.7 Å². The molecule has 0 aliphatic rings. The maximum atomic E-state index is 13.2. The second-order valence-electron chi connectivity index (χ2n) is 7.44. The van der Waals surface area contributed by atoms with E-state index in [1.54, 1.807) is 25.3 Å². The zero-order valence-electron chi connectivity index (χ0n) is 18.7. The monoisotopic (exact) mass is 474 g/mol. The summed E-state index contributed by atoms with van der Waals surface area (Å²) < 4.78 is 24.5. The Morgan fingerprint density at radius 2 is 1.82 bits per heavy atom. The third-order valence-electron chi connectivity index (χ3n) is 5.00. The van der Waals surface area contributed by atoms with E-state index in [2.05, 4.69) is 10.3 Å². The molecule has 1 amide bonds. The lowest BCUT2D eigenvalue weighted by Crippen LogP contribution is -2.07. The number of aromatic nitrogens is 1. The molecule has 0 saturated carbocycles. The van der Waals surface area contributed by atoms with Gasteiger partial charge >= 0.3 is 0 Å². The van der Waals surface area contributed by atoms with Crippen molar-refractivity contribution in [3.8, 4) is 22.8 Å². The van der Waals surface area contributed by atoms with E-state index < -0.39 is 0 Å². The molecule has 4 rings (SSSR count). The van der Waals surface area contributed by atoms with Crippen LogP contribution in [0.3, 0.4) is 0 Å². The lowest BCUT2D eigenvalue weighted by Gasteiger charge is -2.11. The Hall–Kier alpha value is -3.97. The van der Waals surface area contributed by atoms with Crippen molar-refractivity contribution >= 4 is 28.5 Å². The first-order valence-electron chi connectivity index (χ1n) is 10.6. The van der Waals surface area contributed by atoms with Crippen LogP contribution in [0.4, 0.5) is 9.52 Å². The highest BCUT2D eigenvalue weighted by Gasteiger charge is 2.11. The van der Waals surface area contributed by atoms with Gasteiger partial charge in [-0.3, -0.25) is 10.1 Å². The number of carbonyl (C=O) groups is 1. The molecule has 7 heteroatoms. The van der Waals surface area contributed by atoms with E-state index in [9.17, 15) is 9.18 Å². The number of aryl methyl sites for hydroxylation is 1. The number of hydrogen-bond acceptors (Lipinski definition) is 5. The van der Waals surface area contributed by atoms with Crippen LogP contribution in [0.15, 0.2) is 78.9 Å². The molecule has 3 aromatic carbocycles. The van der Waals surface area contributed by atoms with E-state index in [4.69, 9.17) is 9.47 Å². The second kappa shape index (κ2) is 10.8. The van der Waals surface area contributed by atoms with Crippen LogP contribution in [0.25, 0.3) is 17.3 Å². The van der Waals surface area contributed by atoms with E-state index in [0.717, 1.165) is 27.3 Å². The SMILES string of the molecule is COc1cc(/C=C/C(=O)Nc2nc(-c3ccc(F)cc3)c(C)s2)ccc1OCc1ccccc1. The van der Waals surface area contributed by atoms with Gasteiger partial charge in [0.05, 0.1) is 12.8 Å². The van der Waals surface area contributed by atoms with Crippen molar-refractivity contribution in [2.75, 3.05) is 12.4 Å². The fraction of sp³-hybridized carbons (Fsp3) is 0.111. The predicted molar refractivity (Wildman–Crippen MR) is 134 cm³/mol. The summed E-state index contributed by atoms with van der Waals surface area (Å²) in [6.45, 7) is 2.34. The van der Waals surface area contributed by atoms with Crippen molar-refractivity contribution in [3.05, 3.63) is 101 Å². The number of carbonyl (C=O) groups excluding carboxylic acids is 1. The number of anilines is 1. The van der Waals surface area contributed by atoms with Crippen molar-refractivity contribution in [1.29, 1.82) is 0 Å². The fourth-order valence-corrected chi connectivity index (χ4v) is 4.13. The molecule has 4 aromatic rings. The van der Waals surface area contributed by atoms with Crippen LogP contribution in [0.5, 0.6) is 11.5 Å². The Kier molecular flexibility index (Phi) is 7.34. The summed E-state index contributed by atoms with van der Waals surface area (Å²) in [4.78, 5) is 17.8. The van der Waals surface area contributed by atoms with Crippen molar-refractivity contribution in [2.45, 2.75) is 13.5 Å². The third kappa shape index (κ3) is 5.88. The maximum absolute atomic E-state index is 13.2. The molecule has 172 valence electrons. The molecule has 1 aromatic heterocycles. The van der Waals surface area contributed by atoms with Gasteiger partial charge < -0.3 is 9.47 Å². The number of hydrogen-bond donors (Lipinski definition) is 1. The van der Waals surface area contributed by atoms with Crippen LogP contribution in [0, 0.1) is 12.7 Å². The van der Waals surface area contributed by atoms with Gasteiger partial charge in [-0.2, -0.15) is 0 Å². The van der Waals surface area contributed by atoms with Gasteiger partial charge in [0, 0.05) is 16.5 Å². The molecule has 0 radical (unpaired) electrons. The Labute approximate surface area is 201 Å². The smallest absolute Gasteiger partial charge is 0.250 e. The average molecular weight is 475 g/mol. The lowest BCUT2D eigenvalue weighted by atomic mass is 10.1. The molecule has 34 heavy (non-hydrogen) atoms. The molecule has 1 N–H and O–H groups in total. The van der Waals surface area contributed by atoms with Gasteiger partial charge in [0.2, 0.25) is 5.91 Å². The Morgan fingerprint density at radius 1 is 1.06 bits per heavy atom. The molecule has 0 spiro atoms. The maximum Gasteiger partial charge on any atom is 0.250 e. The van der Waals surface area contributed by atoms with Crippen molar-refractivity contribution in [3.63, 3.8) is 0 Å². The van der Waals surface area contributed by atoms with E-state index in [0.29, 0.717) is 23.2 Å². The van der Waals surface area contributed by atoms with Crippen LogP contribution < -0.4 is 14.8 Å². The van der Waals surface area contributed by atoms with Gasteiger partial charge in [0.25, 0.3) is 0 Å². The molecule has 0 aliphatic heterocycles. The molecule has 5 nitrogen and oxygen atoms in total. The summed E-state index contributed by atoms with van der Waals surface area (Å²) in [5, 5.41) is 3.26. The Balaban J connectivity index is 1.40. The van der Waals surface area contributed by atoms with Gasteiger partial charge in [-0.15, -0.1) is 11.3 Å². The molecular formula is C27H23FN2O3S. The number of amides is 1. The molecule has 0 aliphatic carbocycles.